The van der Waals surface area contributed by atoms with E-state index in [1.807, 2.05) is 23.0 Å². The number of hydrogen-bond acceptors (Lipinski definition) is 2. The van der Waals surface area contributed by atoms with Gasteiger partial charge in [0.05, 0.1) is 11.3 Å². The van der Waals surface area contributed by atoms with Crippen LogP contribution in [-0.4, -0.2) is 14.5 Å². The minimum atomic E-state index is -0.926. The summed E-state index contributed by atoms with van der Waals surface area (Å²) < 4.78 is 30.6. The van der Waals surface area contributed by atoms with E-state index in [1.54, 1.807) is 0 Å². The van der Waals surface area contributed by atoms with E-state index >= 15 is 0 Å². The maximum atomic E-state index is 14.0. The summed E-state index contributed by atoms with van der Waals surface area (Å²) in [7, 11) is 0. The van der Waals surface area contributed by atoms with Gasteiger partial charge in [-0.3, -0.25) is 0 Å². The van der Waals surface area contributed by atoms with Gasteiger partial charge in [0.1, 0.15) is 5.69 Å². The molecule has 0 amide bonds. The first kappa shape index (κ1) is 16.1. The number of rotatable bonds is 3. The lowest BCUT2D eigenvalue weighted by Gasteiger charge is -2.08. The molecule has 0 radical (unpaired) electrons. The molecule has 2 aliphatic heterocycles. The Hall–Kier alpha value is -2.35. The smallest absolute Gasteiger partial charge is 0.169 e. The van der Waals surface area contributed by atoms with Gasteiger partial charge in [-0.05, 0) is 58.5 Å². The number of hydrogen-bond donors (Lipinski definition) is 0. The van der Waals surface area contributed by atoms with Crippen LogP contribution in [0.25, 0.3) is 22.8 Å². The summed E-state index contributed by atoms with van der Waals surface area (Å²) in [5.41, 5.74) is 2.53. The Morgan fingerprint density at radius 3 is 2.48 bits per heavy atom. The van der Waals surface area contributed by atoms with Gasteiger partial charge in [0, 0.05) is 22.5 Å². The van der Waals surface area contributed by atoms with Crippen molar-refractivity contribution >= 4 is 22.6 Å². The van der Waals surface area contributed by atoms with Crippen LogP contribution in [0.15, 0.2) is 60.9 Å². The molecule has 0 N–H and O–H groups in total. The first-order chi connectivity index (χ1) is 12.1. The van der Waals surface area contributed by atoms with Crippen molar-refractivity contribution in [3.8, 4) is 22.8 Å². The van der Waals surface area contributed by atoms with Crippen molar-refractivity contribution in [2.24, 2.45) is 0 Å². The lowest BCUT2D eigenvalue weighted by molar-refractivity contribution is 0.510. The molecule has 0 aromatic heterocycles. The van der Waals surface area contributed by atoms with Gasteiger partial charge in [-0.25, -0.2) is 18.7 Å². The van der Waals surface area contributed by atoms with E-state index in [1.165, 1.54) is 21.3 Å². The fourth-order valence-electron chi connectivity index (χ4n) is 2.65. The number of nitrogens with zero attached hydrogens (tertiary/aromatic N) is 3. The highest BCUT2D eigenvalue weighted by molar-refractivity contribution is 14.1. The van der Waals surface area contributed by atoms with E-state index in [2.05, 4.69) is 56.8 Å². The van der Waals surface area contributed by atoms with Crippen LogP contribution in [0.1, 0.15) is 5.56 Å². The minimum absolute atomic E-state index is 0.0698. The Labute approximate surface area is 156 Å². The zero-order chi connectivity index (χ0) is 17.4. The summed E-state index contributed by atoms with van der Waals surface area (Å²) in [4.78, 5) is 8.67. The molecule has 0 bridgehead atoms. The molecular weight excluding hydrogens is 435 g/mol. The van der Waals surface area contributed by atoms with Gasteiger partial charge in [-0.15, -0.1) is 0 Å². The first-order valence-corrected chi connectivity index (χ1v) is 8.70. The van der Waals surface area contributed by atoms with Gasteiger partial charge in [0.15, 0.2) is 17.5 Å². The Balaban J connectivity index is 1.69. The van der Waals surface area contributed by atoms with Gasteiger partial charge >= 0.3 is 0 Å². The normalized spacial score (nSPS) is 11.2. The average Bonchev–Trinajstić information content (AvgIpc) is 3.02. The third-order valence-corrected chi connectivity index (χ3v) is 4.62. The number of fused-ring (bicyclic) bond motifs is 1. The van der Waals surface area contributed by atoms with Crippen LogP contribution in [0.2, 0.25) is 0 Å². The number of pyridine rings is 1. The number of aromatic nitrogens is 3. The zero-order valence-corrected chi connectivity index (χ0v) is 15.1. The van der Waals surface area contributed by atoms with Crippen LogP contribution in [-0.2, 0) is 6.54 Å². The molecule has 4 rings (SSSR count). The quantitative estimate of drug-likeness (QED) is 0.415. The Bertz CT molecular complexity index is 1010. The van der Waals surface area contributed by atoms with Crippen LogP contribution >= 0.6 is 22.6 Å². The van der Waals surface area contributed by atoms with Gasteiger partial charge in [-0.2, -0.15) is 0 Å². The van der Waals surface area contributed by atoms with Crippen molar-refractivity contribution in [2.75, 3.05) is 0 Å². The topological polar surface area (TPSA) is 30.7 Å². The molecule has 2 aliphatic rings. The van der Waals surface area contributed by atoms with Gasteiger partial charge in [0.2, 0.25) is 0 Å². The average molecular weight is 447 g/mol. The third-order valence-electron chi connectivity index (χ3n) is 3.90. The molecule has 25 heavy (non-hydrogen) atoms. The van der Waals surface area contributed by atoms with Crippen molar-refractivity contribution in [3.63, 3.8) is 0 Å². The minimum Gasteiger partial charge on any atom is -0.348 e. The van der Waals surface area contributed by atoms with E-state index in [-0.39, 0.29) is 11.4 Å². The van der Waals surface area contributed by atoms with Crippen molar-refractivity contribution in [1.29, 1.82) is 0 Å². The van der Waals surface area contributed by atoms with Gasteiger partial charge in [0.25, 0.3) is 0 Å². The van der Waals surface area contributed by atoms with Crippen molar-refractivity contribution in [3.05, 3.63) is 81.7 Å². The summed E-state index contributed by atoms with van der Waals surface area (Å²) in [6, 6.07) is 14.1. The highest BCUT2D eigenvalue weighted by Gasteiger charge is 2.17. The largest absolute Gasteiger partial charge is 0.348 e. The Morgan fingerprint density at radius 2 is 1.68 bits per heavy atom. The molecule has 0 atom stereocenters. The molecule has 3 nitrogen and oxygen atoms in total. The van der Waals surface area contributed by atoms with Crippen LogP contribution in [0.5, 0.6) is 0 Å². The molecule has 2 heterocycles. The zero-order valence-electron chi connectivity index (χ0n) is 13.0. The molecule has 2 aromatic carbocycles. The summed E-state index contributed by atoms with van der Waals surface area (Å²) in [6.07, 6.45) is 3.77. The van der Waals surface area contributed by atoms with Crippen molar-refractivity contribution in [2.45, 2.75) is 6.54 Å². The summed E-state index contributed by atoms with van der Waals surface area (Å²) in [5.74, 6) is -1.64. The molecule has 6 heteroatoms. The molecule has 124 valence electrons. The first-order valence-electron chi connectivity index (χ1n) is 7.62. The van der Waals surface area contributed by atoms with Gasteiger partial charge in [-0.1, -0.05) is 18.2 Å². The second-order valence-corrected chi connectivity index (χ2v) is 6.91. The molecule has 0 fully saturated rings. The highest BCUT2D eigenvalue weighted by atomic mass is 127. The van der Waals surface area contributed by atoms with E-state index in [0.29, 0.717) is 17.9 Å². The second kappa shape index (κ2) is 6.51. The SMILES string of the molecule is Fc1cccc(-c2nc3ccn(Cc4ccc(I)cc4)cc-3n2)c1F. The predicted molar refractivity (Wildman–Crippen MR) is 100 cm³/mol. The van der Waals surface area contributed by atoms with E-state index in [0.717, 1.165) is 6.07 Å². The Morgan fingerprint density at radius 1 is 0.920 bits per heavy atom. The molecular formula is C19H12F2IN3. The molecule has 2 aromatic rings. The van der Waals surface area contributed by atoms with Crippen LogP contribution < -0.4 is 0 Å². The van der Waals surface area contributed by atoms with E-state index < -0.39 is 11.6 Å². The maximum Gasteiger partial charge on any atom is 0.169 e. The monoisotopic (exact) mass is 447 g/mol. The summed E-state index contributed by atoms with van der Waals surface area (Å²) in [6.45, 7) is 0.698. The van der Waals surface area contributed by atoms with Crippen LogP contribution in [0.4, 0.5) is 8.78 Å². The second-order valence-electron chi connectivity index (χ2n) is 5.66. The van der Waals surface area contributed by atoms with Crippen molar-refractivity contribution < 1.29 is 8.78 Å². The fraction of sp³-hybridized carbons (Fsp3) is 0.0526. The summed E-state index contributed by atoms with van der Waals surface area (Å²) in [5, 5.41) is 0. The highest BCUT2D eigenvalue weighted by Crippen LogP contribution is 2.27. The Kier molecular flexibility index (Phi) is 4.20. The predicted octanol–water partition coefficient (Wildman–Crippen LogP) is 4.98. The van der Waals surface area contributed by atoms with Gasteiger partial charge < -0.3 is 4.57 Å². The molecule has 0 saturated carbocycles. The van der Waals surface area contributed by atoms with E-state index in [4.69, 9.17) is 0 Å². The van der Waals surface area contributed by atoms with Crippen LogP contribution in [0, 0.1) is 15.2 Å². The molecule has 0 aliphatic carbocycles. The maximum absolute atomic E-state index is 14.0. The summed E-state index contributed by atoms with van der Waals surface area (Å²) >= 11 is 2.27. The number of benzene rings is 2. The standard InChI is InChI=1S/C19H12F2IN3/c20-15-3-1-2-14(18(15)21)19-23-16-8-9-25(11-17(16)24-19)10-12-4-6-13(22)7-5-12/h1-9,11H,10H2. The third kappa shape index (κ3) is 3.26. The van der Waals surface area contributed by atoms with Crippen molar-refractivity contribution in [1.82, 2.24) is 14.5 Å². The lowest BCUT2D eigenvalue weighted by atomic mass is 10.2. The molecule has 0 unspecified atom stereocenters. The number of halogens is 3. The molecule has 0 spiro atoms. The fourth-order valence-corrected chi connectivity index (χ4v) is 3.01. The van der Waals surface area contributed by atoms with E-state index in [9.17, 15) is 8.78 Å². The number of imidazole rings is 1. The lowest BCUT2D eigenvalue weighted by Crippen LogP contribution is -2.00. The molecule has 0 saturated heterocycles. The van der Waals surface area contributed by atoms with Crippen LogP contribution in [0.3, 0.4) is 0 Å².